The Morgan fingerprint density at radius 3 is 1.73 bits per heavy atom. The van der Waals surface area contributed by atoms with Crippen molar-refractivity contribution in [2.45, 2.75) is 0 Å². The van der Waals surface area contributed by atoms with Gasteiger partial charge in [-0.05, 0) is 0 Å². The SMILES string of the molecule is COc1cc(OC)cc(OP(=O)(O)O)c1. The highest BCUT2D eigenvalue weighted by molar-refractivity contribution is 7.46. The molecule has 15 heavy (non-hydrogen) atoms. The van der Waals surface area contributed by atoms with Crippen LogP contribution >= 0.6 is 7.82 Å². The number of ether oxygens (including phenoxy) is 2. The lowest BCUT2D eigenvalue weighted by Crippen LogP contribution is -1.93. The van der Waals surface area contributed by atoms with Crippen LogP contribution in [0.5, 0.6) is 17.2 Å². The Bertz CT molecular complexity index is 362. The molecule has 0 aliphatic heterocycles. The fourth-order valence-corrected chi connectivity index (χ4v) is 1.35. The van der Waals surface area contributed by atoms with E-state index in [1.807, 2.05) is 0 Å². The second-order valence-electron chi connectivity index (χ2n) is 2.63. The number of hydrogen-bond donors (Lipinski definition) is 2. The second-order valence-corrected chi connectivity index (χ2v) is 3.79. The van der Waals surface area contributed by atoms with Crippen molar-refractivity contribution in [3.8, 4) is 17.2 Å². The quantitative estimate of drug-likeness (QED) is 0.761. The number of benzene rings is 1. The molecule has 0 aliphatic carbocycles. The minimum atomic E-state index is -4.56. The van der Waals surface area contributed by atoms with Crippen molar-refractivity contribution in [2.24, 2.45) is 0 Å². The molecule has 0 spiro atoms. The van der Waals surface area contributed by atoms with Gasteiger partial charge in [-0.25, -0.2) is 4.57 Å². The summed E-state index contributed by atoms with van der Waals surface area (Å²) in [6.45, 7) is 0. The summed E-state index contributed by atoms with van der Waals surface area (Å²) in [6.07, 6.45) is 0. The second kappa shape index (κ2) is 4.53. The maximum absolute atomic E-state index is 10.6. The van der Waals surface area contributed by atoms with Gasteiger partial charge in [0.15, 0.2) is 0 Å². The first-order valence-electron chi connectivity index (χ1n) is 3.93. The maximum atomic E-state index is 10.6. The Kier molecular flexibility index (Phi) is 3.57. The normalized spacial score (nSPS) is 10.9. The zero-order chi connectivity index (χ0) is 11.5. The van der Waals surface area contributed by atoms with Gasteiger partial charge in [0.25, 0.3) is 0 Å². The summed E-state index contributed by atoms with van der Waals surface area (Å²) in [5, 5.41) is 0. The van der Waals surface area contributed by atoms with Crippen molar-refractivity contribution in [1.29, 1.82) is 0 Å². The summed E-state index contributed by atoms with van der Waals surface area (Å²) in [6, 6.07) is 4.26. The molecule has 0 amide bonds. The lowest BCUT2D eigenvalue weighted by atomic mass is 10.3. The van der Waals surface area contributed by atoms with Gasteiger partial charge in [-0.3, -0.25) is 9.79 Å². The molecule has 0 fully saturated rings. The molecule has 0 bridgehead atoms. The van der Waals surface area contributed by atoms with Gasteiger partial charge in [0, 0.05) is 18.2 Å². The number of phosphoric acid groups is 1. The summed E-state index contributed by atoms with van der Waals surface area (Å²) in [5.74, 6) is 0.759. The summed E-state index contributed by atoms with van der Waals surface area (Å²) >= 11 is 0. The van der Waals surface area contributed by atoms with Crippen molar-refractivity contribution < 1.29 is 28.3 Å². The highest BCUT2D eigenvalue weighted by atomic mass is 31.2. The fraction of sp³-hybridized carbons (Fsp3) is 0.250. The molecule has 0 heterocycles. The third-order valence-corrected chi connectivity index (χ3v) is 2.00. The number of methoxy groups -OCH3 is 2. The van der Waals surface area contributed by atoms with Crippen LogP contribution in [0.4, 0.5) is 0 Å². The molecule has 0 atom stereocenters. The van der Waals surface area contributed by atoms with Gasteiger partial charge in [0.05, 0.1) is 14.2 Å². The first-order valence-corrected chi connectivity index (χ1v) is 5.46. The van der Waals surface area contributed by atoms with Crippen molar-refractivity contribution in [2.75, 3.05) is 14.2 Å². The zero-order valence-corrected chi connectivity index (χ0v) is 9.10. The van der Waals surface area contributed by atoms with Crippen LogP contribution in [0.1, 0.15) is 0 Å². The maximum Gasteiger partial charge on any atom is 0.524 e. The van der Waals surface area contributed by atoms with Crippen LogP contribution in [0.15, 0.2) is 18.2 Å². The van der Waals surface area contributed by atoms with Gasteiger partial charge in [-0.15, -0.1) is 0 Å². The predicted octanol–water partition coefficient (Wildman–Crippen LogP) is 1.18. The van der Waals surface area contributed by atoms with E-state index in [1.54, 1.807) is 6.07 Å². The Labute approximate surface area is 86.6 Å². The van der Waals surface area contributed by atoms with Gasteiger partial charge < -0.3 is 14.0 Å². The lowest BCUT2D eigenvalue weighted by molar-refractivity contribution is 0.282. The average Bonchev–Trinajstić information content (AvgIpc) is 2.14. The molecule has 84 valence electrons. The molecule has 1 aromatic rings. The molecule has 0 radical (unpaired) electrons. The number of rotatable bonds is 4. The molecule has 7 heteroatoms. The highest BCUT2D eigenvalue weighted by Gasteiger charge is 2.17. The first-order chi connectivity index (χ1) is 6.94. The van der Waals surface area contributed by atoms with Crippen LogP contribution < -0.4 is 14.0 Å². The van der Waals surface area contributed by atoms with Gasteiger partial charge in [-0.1, -0.05) is 0 Å². The molecule has 0 aromatic heterocycles. The molecule has 1 aromatic carbocycles. The lowest BCUT2D eigenvalue weighted by Gasteiger charge is -2.10. The first kappa shape index (κ1) is 11.8. The Hall–Kier alpha value is -1.23. The molecule has 0 saturated carbocycles. The molecule has 0 aliphatic rings. The van der Waals surface area contributed by atoms with E-state index in [1.165, 1.54) is 26.4 Å². The summed E-state index contributed by atoms with van der Waals surface area (Å²) < 4.78 is 24.8. The monoisotopic (exact) mass is 234 g/mol. The predicted molar refractivity (Wildman–Crippen MR) is 52.2 cm³/mol. The summed E-state index contributed by atoms with van der Waals surface area (Å²) in [5.41, 5.74) is 0. The van der Waals surface area contributed by atoms with Crippen molar-refractivity contribution in [3.63, 3.8) is 0 Å². The van der Waals surface area contributed by atoms with E-state index in [0.717, 1.165) is 0 Å². The standard InChI is InChI=1S/C8H11O6P/c1-12-6-3-7(13-2)5-8(4-6)14-15(9,10)11/h3-5H,1-2H3,(H2,9,10,11). The average molecular weight is 234 g/mol. The van der Waals surface area contributed by atoms with E-state index in [-0.39, 0.29) is 5.75 Å². The molecule has 0 unspecified atom stereocenters. The van der Waals surface area contributed by atoms with E-state index in [2.05, 4.69) is 4.52 Å². The molecule has 2 N–H and O–H groups in total. The van der Waals surface area contributed by atoms with E-state index in [9.17, 15) is 4.57 Å². The number of phosphoric ester groups is 1. The van der Waals surface area contributed by atoms with Crippen molar-refractivity contribution in [1.82, 2.24) is 0 Å². The molecule has 0 saturated heterocycles. The number of hydrogen-bond acceptors (Lipinski definition) is 4. The van der Waals surface area contributed by atoms with E-state index in [4.69, 9.17) is 19.3 Å². The minimum Gasteiger partial charge on any atom is -0.496 e. The van der Waals surface area contributed by atoms with E-state index in [0.29, 0.717) is 11.5 Å². The summed E-state index contributed by atoms with van der Waals surface area (Å²) in [4.78, 5) is 17.2. The third kappa shape index (κ3) is 3.79. The summed E-state index contributed by atoms with van der Waals surface area (Å²) in [7, 11) is -1.71. The smallest absolute Gasteiger partial charge is 0.496 e. The van der Waals surface area contributed by atoms with Crippen LogP contribution in [0, 0.1) is 0 Å². The molecular weight excluding hydrogens is 223 g/mol. The minimum absolute atomic E-state index is 0.0143. The van der Waals surface area contributed by atoms with Gasteiger partial charge in [0.2, 0.25) is 0 Å². The topological polar surface area (TPSA) is 85.2 Å². The zero-order valence-electron chi connectivity index (χ0n) is 8.21. The molecular formula is C8H11O6P. The van der Waals surface area contributed by atoms with Crippen LogP contribution in [0.25, 0.3) is 0 Å². The molecule has 1 rings (SSSR count). The third-order valence-electron chi connectivity index (χ3n) is 1.55. The van der Waals surface area contributed by atoms with Gasteiger partial charge >= 0.3 is 7.82 Å². The Morgan fingerprint density at radius 2 is 1.40 bits per heavy atom. The fourth-order valence-electron chi connectivity index (χ4n) is 0.971. The highest BCUT2D eigenvalue weighted by Crippen LogP contribution is 2.40. The Morgan fingerprint density at radius 1 is 1.00 bits per heavy atom. The van der Waals surface area contributed by atoms with Crippen LogP contribution in [0.3, 0.4) is 0 Å². The van der Waals surface area contributed by atoms with Crippen molar-refractivity contribution >= 4 is 7.82 Å². The van der Waals surface area contributed by atoms with E-state index >= 15 is 0 Å². The molecule has 6 nitrogen and oxygen atoms in total. The van der Waals surface area contributed by atoms with Crippen molar-refractivity contribution in [3.05, 3.63) is 18.2 Å². The van der Waals surface area contributed by atoms with Crippen LogP contribution in [-0.4, -0.2) is 24.0 Å². The Balaban J connectivity index is 3.02. The van der Waals surface area contributed by atoms with E-state index < -0.39 is 7.82 Å². The van der Waals surface area contributed by atoms with Gasteiger partial charge in [0.1, 0.15) is 17.2 Å². The van der Waals surface area contributed by atoms with Crippen LogP contribution in [0.2, 0.25) is 0 Å². The largest absolute Gasteiger partial charge is 0.524 e. The van der Waals surface area contributed by atoms with Crippen LogP contribution in [-0.2, 0) is 4.57 Å². The van der Waals surface area contributed by atoms with Gasteiger partial charge in [-0.2, -0.15) is 0 Å².